The second-order valence-electron chi connectivity index (χ2n) is 5.85. The SMILES string of the molecule is CN1[C]=NN(CCc2nnn(-c3cccc(Cl)c3)n2)C1c1ccncc1. The van der Waals surface area contributed by atoms with Crippen LogP contribution in [0, 0.1) is 0 Å². The van der Waals surface area contributed by atoms with Crippen LogP contribution < -0.4 is 0 Å². The Kier molecular flexibility index (Phi) is 4.49. The summed E-state index contributed by atoms with van der Waals surface area (Å²) in [6.07, 6.45) is 7.13. The molecule has 1 aromatic carbocycles. The molecule has 4 rings (SSSR count). The minimum absolute atomic E-state index is 0.0130. The molecule has 1 radical (unpaired) electrons. The number of hydrogen-bond donors (Lipinski definition) is 0. The molecule has 1 aliphatic rings. The Morgan fingerprint density at radius 2 is 2.04 bits per heavy atom. The van der Waals surface area contributed by atoms with Gasteiger partial charge in [0.25, 0.3) is 0 Å². The van der Waals surface area contributed by atoms with Crippen molar-refractivity contribution in [3.05, 3.63) is 65.2 Å². The van der Waals surface area contributed by atoms with Crippen LogP contribution in [0.1, 0.15) is 17.6 Å². The van der Waals surface area contributed by atoms with Crippen LogP contribution in [0.25, 0.3) is 5.69 Å². The average Bonchev–Trinajstić information content (AvgIpc) is 3.27. The highest BCUT2D eigenvalue weighted by Crippen LogP contribution is 2.26. The predicted molar refractivity (Wildman–Crippen MR) is 96.8 cm³/mol. The van der Waals surface area contributed by atoms with Crippen molar-refractivity contribution < 1.29 is 0 Å². The summed E-state index contributed by atoms with van der Waals surface area (Å²) in [7, 11) is 1.95. The van der Waals surface area contributed by atoms with E-state index in [1.54, 1.807) is 24.5 Å². The first-order valence-corrected chi connectivity index (χ1v) is 8.49. The molecule has 0 saturated heterocycles. The first kappa shape index (κ1) is 16.5. The number of benzene rings is 1. The van der Waals surface area contributed by atoms with E-state index in [4.69, 9.17) is 11.6 Å². The molecule has 0 saturated carbocycles. The zero-order valence-electron chi connectivity index (χ0n) is 14.1. The van der Waals surface area contributed by atoms with E-state index in [1.165, 1.54) is 4.80 Å². The fourth-order valence-electron chi connectivity index (χ4n) is 2.81. The molecule has 0 fully saturated rings. The first-order valence-electron chi connectivity index (χ1n) is 8.11. The Morgan fingerprint density at radius 3 is 2.85 bits per heavy atom. The number of hydrazone groups is 1. The molecule has 0 aliphatic carbocycles. The van der Waals surface area contributed by atoms with Crippen LogP contribution >= 0.6 is 11.6 Å². The van der Waals surface area contributed by atoms with Crippen molar-refractivity contribution in [2.45, 2.75) is 12.6 Å². The van der Waals surface area contributed by atoms with Gasteiger partial charge in [-0.3, -0.25) is 9.99 Å². The summed E-state index contributed by atoms with van der Waals surface area (Å²) >= 11 is 6.01. The number of halogens is 1. The molecule has 2 aromatic heterocycles. The van der Waals surface area contributed by atoms with Crippen molar-refractivity contribution in [1.82, 2.24) is 35.1 Å². The Balaban J connectivity index is 1.45. The van der Waals surface area contributed by atoms with E-state index in [2.05, 4.69) is 31.8 Å². The van der Waals surface area contributed by atoms with Crippen LogP contribution in [-0.4, -0.2) is 55.0 Å². The molecule has 8 nitrogen and oxygen atoms in total. The largest absolute Gasteiger partial charge is 0.330 e. The third-order valence-electron chi connectivity index (χ3n) is 4.04. The van der Waals surface area contributed by atoms with Crippen LogP contribution in [0.3, 0.4) is 0 Å². The van der Waals surface area contributed by atoms with Gasteiger partial charge >= 0.3 is 0 Å². The molecule has 9 heteroatoms. The van der Waals surface area contributed by atoms with Crippen LogP contribution in [0.4, 0.5) is 0 Å². The number of tetrazole rings is 1. The minimum atomic E-state index is -0.0130. The van der Waals surface area contributed by atoms with E-state index >= 15 is 0 Å². The van der Waals surface area contributed by atoms with Crippen LogP contribution in [0.15, 0.2) is 53.9 Å². The number of hydrogen-bond acceptors (Lipinski definition) is 7. The van der Waals surface area contributed by atoms with Gasteiger partial charge < -0.3 is 4.90 Å². The lowest BCUT2D eigenvalue weighted by Gasteiger charge is -2.27. The van der Waals surface area contributed by atoms with Crippen LogP contribution in [0.2, 0.25) is 5.02 Å². The zero-order chi connectivity index (χ0) is 17.9. The van der Waals surface area contributed by atoms with Crippen molar-refractivity contribution in [2.24, 2.45) is 5.10 Å². The number of pyridine rings is 1. The predicted octanol–water partition coefficient (Wildman–Crippen LogP) is 2.02. The van der Waals surface area contributed by atoms with Gasteiger partial charge in [-0.15, -0.1) is 15.0 Å². The molecule has 0 N–H and O–H groups in total. The van der Waals surface area contributed by atoms with Crippen molar-refractivity contribution >= 4 is 17.9 Å². The molecule has 1 atom stereocenters. The molecule has 0 spiro atoms. The lowest BCUT2D eigenvalue weighted by Crippen LogP contribution is -2.30. The van der Waals surface area contributed by atoms with Gasteiger partial charge in [-0.25, -0.2) is 0 Å². The number of aromatic nitrogens is 5. The average molecular weight is 368 g/mol. The lowest BCUT2D eigenvalue weighted by atomic mass is 10.2. The van der Waals surface area contributed by atoms with E-state index in [0.29, 0.717) is 23.8 Å². The van der Waals surface area contributed by atoms with Crippen molar-refractivity contribution in [3.8, 4) is 5.69 Å². The van der Waals surface area contributed by atoms with Crippen molar-refractivity contribution in [3.63, 3.8) is 0 Å². The van der Waals surface area contributed by atoms with Gasteiger partial charge in [-0.1, -0.05) is 17.7 Å². The maximum absolute atomic E-state index is 6.01. The second kappa shape index (κ2) is 7.09. The van der Waals surface area contributed by atoms with Gasteiger partial charge in [0.1, 0.15) is 6.17 Å². The van der Waals surface area contributed by atoms with Gasteiger partial charge in [-0.05, 0) is 41.1 Å². The van der Waals surface area contributed by atoms with Gasteiger partial charge in [0.2, 0.25) is 0 Å². The topological polar surface area (TPSA) is 75.3 Å². The van der Waals surface area contributed by atoms with Gasteiger partial charge in [0, 0.05) is 37.4 Å². The van der Waals surface area contributed by atoms with Crippen LogP contribution in [0.5, 0.6) is 0 Å². The highest BCUT2D eigenvalue weighted by molar-refractivity contribution is 6.30. The smallest absolute Gasteiger partial charge is 0.195 e. The summed E-state index contributed by atoms with van der Waals surface area (Å²) in [5, 5.41) is 19.6. The quantitative estimate of drug-likeness (QED) is 0.686. The Bertz CT molecular complexity index is 910. The second-order valence-corrected chi connectivity index (χ2v) is 6.29. The molecule has 1 unspecified atom stereocenters. The van der Waals surface area contributed by atoms with E-state index in [1.807, 2.05) is 41.2 Å². The fourth-order valence-corrected chi connectivity index (χ4v) is 2.99. The maximum atomic E-state index is 6.01. The highest BCUT2D eigenvalue weighted by atomic mass is 35.5. The summed E-state index contributed by atoms with van der Waals surface area (Å²) in [6, 6.07) is 11.3. The molecule has 0 bridgehead atoms. The molecule has 26 heavy (non-hydrogen) atoms. The Labute approximate surface area is 155 Å². The van der Waals surface area contributed by atoms with Crippen molar-refractivity contribution in [2.75, 3.05) is 13.6 Å². The molecule has 131 valence electrons. The normalized spacial score (nSPS) is 16.5. The molecule has 0 amide bonds. The maximum Gasteiger partial charge on any atom is 0.195 e. The third kappa shape index (κ3) is 3.36. The summed E-state index contributed by atoms with van der Waals surface area (Å²) in [5.41, 5.74) is 1.88. The monoisotopic (exact) mass is 367 g/mol. The number of rotatable bonds is 5. The van der Waals surface area contributed by atoms with Gasteiger partial charge in [-0.2, -0.15) is 5.10 Å². The molecular weight excluding hydrogens is 352 g/mol. The standard InChI is InChI=1S/C17H16ClN8/c1-24-12-20-25(17(24)13-5-8-19-9-6-13)10-7-16-21-23-26(22-16)15-4-2-3-14(18)11-15/h2-6,8-9,11,17H,7,10H2,1H3. The molecular formula is C17H16ClN8. The van der Waals surface area contributed by atoms with Gasteiger partial charge in [0.05, 0.1) is 5.69 Å². The van der Waals surface area contributed by atoms with E-state index < -0.39 is 0 Å². The summed E-state index contributed by atoms with van der Waals surface area (Å²) < 4.78 is 0. The molecule has 3 aromatic rings. The fraction of sp³-hybridized carbons (Fsp3) is 0.235. The Morgan fingerprint density at radius 1 is 1.19 bits per heavy atom. The molecule has 3 heterocycles. The summed E-state index contributed by atoms with van der Waals surface area (Å²) in [5.74, 6) is 0.642. The Hall–Kier alpha value is -3.00. The van der Waals surface area contributed by atoms with E-state index in [0.717, 1.165) is 11.3 Å². The van der Waals surface area contributed by atoms with Gasteiger partial charge in [0.15, 0.2) is 12.2 Å². The van der Waals surface area contributed by atoms with Crippen LogP contribution in [-0.2, 0) is 6.42 Å². The third-order valence-corrected chi connectivity index (χ3v) is 4.28. The van der Waals surface area contributed by atoms with Crippen molar-refractivity contribution in [1.29, 1.82) is 0 Å². The number of nitrogens with zero attached hydrogens (tertiary/aromatic N) is 8. The minimum Gasteiger partial charge on any atom is -0.330 e. The first-order chi connectivity index (χ1) is 12.7. The summed E-state index contributed by atoms with van der Waals surface area (Å²) in [4.78, 5) is 7.48. The zero-order valence-corrected chi connectivity index (χ0v) is 14.8. The summed E-state index contributed by atoms with van der Waals surface area (Å²) in [6.45, 7) is 0.644. The lowest BCUT2D eigenvalue weighted by molar-refractivity contribution is 0.149. The molecule has 1 aliphatic heterocycles. The van der Waals surface area contributed by atoms with E-state index in [-0.39, 0.29) is 6.17 Å². The highest BCUT2D eigenvalue weighted by Gasteiger charge is 2.27. The van der Waals surface area contributed by atoms with E-state index in [9.17, 15) is 0 Å².